The van der Waals surface area contributed by atoms with Gasteiger partial charge in [0.25, 0.3) is 11.8 Å². The Morgan fingerprint density at radius 3 is 2.41 bits per heavy atom. The third-order valence-corrected chi connectivity index (χ3v) is 7.39. The number of alkyl halides is 3. The number of ketones is 1. The highest BCUT2D eigenvalue weighted by molar-refractivity contribution is 6.05. The van der Waals surface area contributed by atoms with Crippen LogP contribution in [0.3, 0.4) is 0 Å². The standard InChI is InChI=1S/C29H41F3N2O5/c1-6-7-11-14-33-24-15-22(26(36)34(19(2)3)21-12-9-8-10-13-21)23(29(30,31)32)16-25(24)39-28(5,27(33)37)18-38-17-20(4)35/h15-16,19,21H,6-14,17-18H2,1-5H3. The average molecular weight is 555 g/mol. The number of unbranched alkanes of at least 4 members (excludes halogenated alkanes) is 2. The molecule has 1 heterocycles. The van der Waals surface area contributed by atoms with Crippen LogP contribution in [0, 0.1) is 0 Å². The Labute approximate surface area is 229 Å². The molecule has 1 aromatic carbocycles. The van der Waals surface area contributed by atoms with Gasteiger partial charge in [0.15, 0.2) is 5.78 Å². The summed E-state index contributed by atoms with van der Waals surface area (Å²) in [5.74, 6) is -1.57. The maximum atomic E-state index is 14.4. The van der Waals surface area contributed by atoms with Gasteiger partial charge in [-0.15, -0.1) is 0 Å². The number of hydrogen-bond donors (Lipinski definition) is 0. The second-order valence-electron chi connectivity index (χ2n) is 11.2. The van der Waals surface area contributed by atoms with Crippen molar-refractivity contribution in [2.24, 2.45) is 0 Å². The fraction of sp³-hybridized carbons (Fsp3) is 0.690. The molecule has 0 saturated heterocycles. The predicted octanol–water partition coefficient (Wildman–Crippen LogP) is 6.17. The molecule has 0 N–H and O–H groups in total. The van der Waals surface area contributed by atoms with E-state index in [1.807, 2.05) is 20.8 Å². The Kier molecular flexibility index (Phi) is 10.1. The zero-order valence-corrected chi connectivity index (χ0v) is 23.7. The summed E-state index contributed by atoms with van der Waals surface area (Å²) in [4.78, 5) is 41.8. The van der Waals surface area contributed by atoms with Gasteiger partial charge >= 0.3 is 6.18 Å². The van der Waals surface area contributed by atoms with E-state index < -0.39 is 34.7 Å². The zero-order valence-electron chi connectivity index (χ0n) is 23.7. The van der Waals surface area contributed by atoms with Crippen LogP contribution in [-0.2, 0) is 20.5 Å². The molecule has 3 rings (SSSR count). The number of Topliss-reactive ketones (excluding diaryl/α,β-unsaturated/α-hetero) is 1. The molecule has 0 radical (unpaired) electrons. The fourth-order valence-electron chi connectivity index (χ4n) is 5.50. The highest BCUT2D eigenvalue weighted by Gasteiger charge is 2.47. The average Bonchev–Trinajstić information content (AvgIpc) is 2.85. The topological polar surface area (TPSA) is 76.1 Å². The molecular weight excluding hydrogens is 513 g/mol. The number of halogens is 3. The molecule has 1 atom stereocenters. The van der Waals surface area contributed by atoms with Crippen LogP contribution in [-0.4, -0.2) is 59.9 Å². The second-order valence-corrected chi connectivity index (χ2v) is 11.2. The molecule has 0 aromatic heterocycles. The third kappa shape index (κ3) is 7.13. The lowest BCUT2D eigenvalue weighted by Crippen LogP contribution is -2.57. The lowest BCUT2D eigenvalue weighted by atomic mass is 9.92. The summed E-state index contributed by atoms with van der Waals surface area (Å²) >= 11 is 0. The smallest absolute Gasteiger partial charge is 0.417 e. The van der Waals surface area contributed by atoms with Crippen molar-refractivity contribution in [2.45, 2.75) is 110 Å². The first kappa shape index (κ1) is 30.9. The molecule has 10 heteroatoms. The number of carbonyl (C=O) groups excluding carboxylic acids is 3. The lowest BCUT2D eigenvalue weighted by molar-refractivity contribution is -0.142. The van der Waals surface area contributed by atoms with E-state index in [0.717, 1.165) is 51.0 Å². The van der Waals surface area contributed by atoms with E-state index in [1.54, 1.807) is 4.90 Å². The molecule has 1 saturated carbocycles. The van der Waals surface area contributed by atoms with Crippen molar-refractivity contribution in [3.63, 3.8) is 0 Å². The van der Waals surface area contributed by atoms with Crippen LogP contribution in [0.1, 0.15) is 102 Å². The summed E-state index contributed by atoms with van der Waals surface area (Å²) in [6.07, 6.45) is 1.89. The monoisotopic (exact) mass is 554 g/mol. The van der Waals surface area contributed by atoms with Crippen LogP contribution in [0.25, 0.3) is 0 Å². The maximum absolute atomic E-state index is 14.4. The molecule has 1 unspecified atom stereocenters. The Morgan fingerprint density at radius 1 is 1.18 bits per heavy atom. The first-order valence-corrected chi connectivity index (χ1v) is 14.0. The van der Waals surface area contributed by atoms with Crippen LogP contribution < -0.4 is 9.64 Å². The van der Waals surface area contributed by atoms with E-state index in [9.17, 15) is 27.6 Å². The Bertz CT molecular complexity index is 1050. The fourth-order valence-corrected chi connectivity index (χ4v) is 5.50. The number of fused-ring (bicyclic) bond motifs is 1. The van der Waals surface area contributed by atoms with E-state index in [4.69, 9.17) is 9.47 Å². The van der Waals surface area contributed by atoms with E-state index >= 15 is 0 Å². The highest BCUT2D eigenvalue weighted by atomic mass is 19.4. The molecule has 2 amide bonds. The van der Waals surface area contributed by atoms with Crippen molar-refractivity contribution >= 4 is 23.3 Å². The number of amides is 2. The quantitative estimate of drug-likeness (QED) is 0.306. The molecule has 0 bridgehead atoms. The minimum atomic E-state index is -4.82. The number of anilines is 1. The summed E-state index contributed by atoms with van der Waals surface area (Å²) in [6, 6.07) is 1.59. The van der Waals surface area contributed by atoms with Gasteiger partial charge < -0.3 is 19.3 Å². The van der Waals surface area contributed by atoms with Crippen molar-refractivity contribution in [2.75, 3.05) is 24.7 Å². The summed E-state index contributed by atoms with van der Waals surface area (Å²) in [5, 5.41) is 0. The normalized spacial score (nSPS) is 20.1. The lowest BCUT2D eigenvalue weighted by Gasteiger charge is -2.42. The number of hydrogen-bond acceptors (Lipinski definition) is 5. The van der Waals surface area contributed by atoms with Gasteiger partial charge in [0.05, 0.1) is 23.4 Å². The van der Waals surface area contributed by atoms with E-state index in [0.29, 0.717) is 6.42 Å². The van der Waals surface area contributed by atoms with Gasteiger partial charge in [0.1, 0.15) is 12.4 Å². The van der Waals surface area contributed by atoms with Crippen LogP contribution in [0.5, 0.6) is 5.75 Å². The van der Waals surface area contributed by atoms with Gasteiger partial charge in [-0.05, 0) is 59.1 Å². The molecule has 0 spiro atoms. The predicted molar refractivity (Wildman–Crippen MR) is 142 cm³/mol. The largest absolute Gasteiger partial charge is 0.473 e. The summed E-state index contributed by atoms with van der Waals surface area (Å²) in [6.45, 7) is 8.11. The molecular formula is C29H41F3N2O5. The van der Waals surface area contributed by atoms with Gasteiger partial charge in [0.2, 0.25) is 5.60 Å². The summed E-state index contributed by atoms with van der Waals surface area (Å²) in [5.41, 5.74) is -3.06. The molecule has 1 fully saturated rings. The Hall–Kier alpha value is -2.62. The van der Waals surface area contributed by atoms with E-state index in [1.165, 1.54) is 24.8 Å². The van der Waals surface area contributed by atoms with Crippen LogP contribution in [0.4, 0.5) is 18.9 Å². The second kappa shape index (κ2) is 12.7. The third-order valence-electron chi connectivity index (χ3n) is 7.39. The number of benzene rings is 1. The van der Waals surface area contributed by atoms with E-state index in [-0.39, 0.29) is 49.1 Å². The van der Waals surface area contributed by atoms with Gasteiger partial charge in [-0.25, -0.2) is 0 Å². The zero-order chi connectivity index (χ0) is 29.0. The molecule has 7 nitrogen and oxygen atoms in total. The van der Waals surface area contributed by atoms with Crippen molar-refractivity contribution in [3.05, 3.63) is 23.3 Å². The van der Waals surface area contributed by atoms with Crippen molar-refractivity contribution < 1.29 is 37.0 Å². The molecule has 2 aliphatic rings. The Balaban J connectivity index is 2.11. The highest BCUT2D eigenvalue weighted by Crippen LogP contribution is 2.45. The molecule has 1 aromatic rings. The number of nitrogens with zero attached hydrogens (tertiary/aromatic N) is 2. The summed E-state index contributed by atoms with van der Waals surface area (Å²) in [7, 11) is 0. The van der Waals surface area contributed by atoms with Gasteiger partial charge in [-0.2, -0.15) is 13.2 Å². The SMILES string of the molecule is CCCCCN1C(=O)C(C)(COCC(C)=O)Oc2cc(C(F)(F)F)c(C(=O)N(C(C)C)C3CCCCC3)cc21. The Morgan fingerprint density at radius 2 is 1.85 bits per heavy atom. The number of carbonyl (C=O) groups is 3. The molecule has 1 aliphatic carbocycles. The minimum absolute atomic E-state index is 0.136. The van der Waals surface area contributed by atoms with Crippen molar-refractivity contribution in [1.29, 1.82) is 0 Å². The van der Waals surface area contributed by atoms with E-state index in [2.05, 4.69) is 0 Å². The number of rotatable bonds is 11. The molecule has 1 aliphatic heterocycles. The molecule has 39 heavy (non-hydrogen) atoms. The maximum Gasteiger partial charge on any atom is 0.417 e. The number of ether oxygens (including phenoxy) is 2. The first-order valence-electron chi connectivity index (χ1n) is 14.0. The summed E-state index contributed by atoms with van der Waals surface area (Å²) < 4.78 is 54.5. The molecule has 218 valence electrons. The minimum Gasteiger partial charge on any atom is -0.473 e. The van der Waals surface area contributed by atoms with Crippen molar-refractivity contribution in [3.8, 4) is 5.75 Å². The van der Waals surface area contributed by atoms with Gasteiger partial charge in [-0.1, -0.05) is 39.0 Å². The van der Waals surface area contributed by atoms with Gasteiger partial charge in [-0.3, -0.25) is 14.4 Å². The van der Waals surface area contributed by atoms with Gasteiger partial charge in [0, 0.05) is 18.6 Å². The van der Waals surface area contributed by atoms with Crippen LogP contribution in [0.15, 0.2) is 12.1 Å². The van der Waals surface area contributed by atoms with Crippen LogP contribution >= 0.6 is 0 Å². The van der Waals surface area contributed by atoms with Crippen LogP contribution in [0.2, 0.25) is 0 Å². The van der Waals surface area contributed by atoms with Crippen molar-refractivity contribution in [1.82, 2.24) is 4.90 Å². The first-order chi connectivity index (χ1) is 18.3.